The van der Waals surface area contributed by atoms with Crippen molar-refractivity contribution < 1.29 is 27.9 Å². The van der Waals surface area contributed by atoms with Crippen molar-refractivity contribution in [2.75, 3.05) is 44.2 Å². The number of hydrogen-bond donors (Lipinski definition) is 2. The van der Waals surface area contributed by atoms with Crippen LogP contribution in [-0.2, 0) is 22.2 Å². The fraction of sp³-hybridized carbons (Fsp3) is 0.382. The number of halogens is 4. The first-order valence-corrected chi connectivity index (χ1v) is 16.4. The number of nitrogens with zero attached hydrogens (tertiary/aromatic N) is 6. The molecule has 2 fully saturated rings. The van der Waals surface area contributed by atoms with Crippen molar-refractivity contribution in [2.45, 2.75) is 37.9 Å². The molecule has 2 amide bonds. The van der Waals surface area contributed by atoms with Gasteiger partial charge in [-0.15, -0.1) is 5.10 Å². The Morgan fingerprint density at radius 2 is 1.63 bits per heavy atom. The highest BCUT2D eigenvalue weighted by atomic mass is 35.5. The summed E-state index contributed by atoms with van der Waals surface area (Å²) in [6.07, 6.45) is -0.987. The Hall–Kier alpha value is -4.85. The number of alkyl halides is 3. The lowest BCUT2D eigenvalue weighted by molar-refractivity contribution is -0.142. The van der Waals surface area contributed by atoms with E-state index in [1.54, 1.807) is 22.2 Å². The normalized spacial score (nSPS) is 16.5. The van der Waals surface area contributed by atoms with Gasteiger partial charge in [0.1, 0.15) is 5.75 Å². The number of pyridine rings is 1. The fourth-order valence-corrected chi connectivity index (χ4v) is 6.77. The molecule has 2 aromatic carbocycles. The summed E-state index contributed by atoms with van der Waals surface area (Å²) in [4.78, 5) is 52.6. The number of aromatic amines is 1. The number of carbonyl (C=O) groups excluding carboxylic acids is 2. The van der Waals surface area contributed by atoms with E-state index in [9.17, 15) is 32.7 Å². The summed E-state index contributed by atoms with van der Waals surface area (Å²) in [5.74, 6) is -2.25. The number of anilines is 1. The highest BCUT2D eigenvalue weighted by Gasteiger charge is 2.37. The number of piperidine rings is 1. The van der Waals surface area contributed by atoms with Gasteiger partial charge in [-0.05, 0) is 49.1 Å². The Balaban J connectivity index is 1.16. The summed E-state index contributed by atoms with van der Waals surface area (Å²) in [5.41, 5.74) is 0.179. The Labute approximate surface area is 284 Å². The number of rotatable bonds is 8. The maximum absolute atomic E-state index is 14.0. The van der Waals surface area contributed by atoms with E-state index in [-0.39, 0.29) is 42.0 Å². The summed E-state index contributed by atoms with van der Waals surface area (Å²) >= 11 is 5.99. The van der Waals surface area contributed by atoms with E-state index < -0.39 is 28.4 Å². The van der Waals surface area contributed by atoms with Gasteiger partial charge in [0.2, 0.25) is 11.8 Å². The zero-order valence-electron chi connectivity index (χ0n) is 26.4. The van der Waals surface area contributed by atoms with Crippen LogP contribution in [0.2, 0.25) is 5.02 Å². The number of phenolic OH excluding ortho intramolecular Hbond substituents is 1. The Morgan fingerprint density at radius 3 is 2.29 bits per heavy atom. The molecule has 15 heteroatoms. The summed E-state index contributed by atoms with van der Waals surface area (Å²) in [7, 11) is 0. The second kappa shape index (κ2) is 14.3. The Morgan fingerprint density at radius 1 is 0.959 bits per heavy atom. The van der Waals surface area contributed by atoms with Crippen LogP contribution in [-0.4, -0.2) is 85.7 Å². The van der Waals surface area contributed by atoms with Gasteiger partial charge in [-0.25, -0.2) is 9.48 Å². The third-order valence-corrected chi connectivity index (χ3v) is 9.44. The van der Waals surface area contributed by atoms with Crippen molar-refractivity contribution in [1.29, 1.82) is 0 Å². The van der Waals surface area contributed by atoms with E-state index in [0.717, 1.165) is 17.3 Å². The van der Waals surface area contributed by atoms with Gasteiger partial charge in [0.05, 0.1) is 22.5 Å². The molecule has 2 saturated heterocycles. The highest BCUT2D eigenvalue weighted by Crippen LogP contribution is 2.41. The molecule has 49 heavy (non-hydrogen) atoms. The van der Waals surface area contributed by atoms with E-state index in [2.05, 4.69) is 20.0 Å². The zero-order valence-corrected chi connectivity index (χ0v) is 27.2. The van der Waals surface area contributed by atoms with Crippen LogP contribution in [0.15, 0.2) is 71.8 Å². The minimum absolute atomic E-state index is 0.0857. The van der Waals surface area contributed by atoms with Gasteiger partial charge in [-0.1, -0.05) is 41.9 Å². The summed E-state index contributed by atoms with van der Waals surface area (Å²) in [6, 6.07) is 14.8. The number of amides is 2. The number of likely N-dealkylation sites (tertiary alicyclic amines) is 1. The molecule has 4 aromatic rings. The van der Waals surface area contributed by atoms with Crippen molar-refractivity contribution in [1.82, 2.24) is 29.5 Å². The average molecular weight is 698 g/mol. The van der Waals surface area contributed by atoms with Crippen molar-refractivity contribution >= 4 is 29.1 Å². The second-order valence-corrected chi connectivity index (χ2v) is 12.7. The molecule has 0 bridgehead atoms. The molecule has 0 saturated carbocycles. The topological polar surface area (TPSA) is 128 Å². The number of piperazine rings is 1. The van der Waals surface area contributed by atoms with Crippen LogP contribution in [0.5, 0.6) is 5.75 Å². The maximum atomic E-state index is 14.0. The predicted molar refractivity (Wildman–Crippen MR) is 176 cm³/mol. The van der Waals surface area contributed by atoms with Gasteiger partial charge in [-0.3, -0.25) is 19.6 Å². The fourth-order valence-electron chi connectivity index (χ4n) is 6.53. The molecule has 11 nitrogen and oxygen atoms in total. The van der Waals surface area contributed by atoms with Crippen molar-refractivity contribution in [3.05, 3.63) is 93.6 Å². The van der Waals surface area contributed by atoms with Gasteiger partial charge < -0.3 is 19.8 Å². The molecule has 1 atom stereocenters. The molecule has 2 aliphatic rings. The Kier molecular flexibility index (Phi) is 9.95. The number of carbonyl (C=O) groups is 2. The standard InChI is InChI=1S/C34H35ClF3N7O4/c35-28-20-22(19-27(30(28)47)34(36,37)38)18-24(32(48)44-16-14-42(15-17-44)25-6-10-39-11-7-25)21-29(46)43-12-8-26(9-13-43)45-33(49)40-31(41-45)23-4-2-1-3-5-23/h1-7,10-11,19-20,24,26,47H,8-9,12-18,21H2,(H,40,41,49)/t24-/m0/s1. The molecule has 0 radical (unpaired) electrons. The molecule has 0 spiro atoms. The lowest BCUT2D eigenvalue weighted by atomic mass is 9.92. The smallest absolute Gasteiger partial charge is 0.420 e. The zero-order chi connectivity index (χ0) is 34.7. The van der Waals surface area contributed by atoms with E-state index in [1.807, 2.05) is 42.5 Å². The Bertz CT molecular complexity index is 1840. The van der Waals surface area contributed by atoms with Gasteiger partial charge in [0, 0.05) is 69.3 Å². The quantitative estimate of drug-likeness (QED) is 0.272. The molecular formula is C34H35ClF3N7O4. The molecule has 2 aliphatic heterocycles. The maximum Gasteiger partial charge on any atom is 0.420 e. The third kappa shape index (κ3) is 7.74. The lowest BCUT2D eigenvalue weighted by Crippen LogP contribution is -2.51. The van der Waals surface area contributed by atoms with Crippen LogP contribution in [0.3, 0.4) is 0 Å². The monoisotopic (exact) mass is 697 g/mol. The van der Waals surface area contributed by atoms with Gasteiger partial charge in [0.25, 0.3) is 0 Å². The first kappa shape index (κ1) is 34.0. The molecular weight excluding hydrogens is 663 g/mol. The molecule has 2 N–H and O–H groups in total. The van der Waals surface area contributed by atoms with Crippen molar-refractivity contribution in [3.63, 3.8) is 0 Å². The molecule has 6 rings (SSSR count). The van der Waals surface area contributed by atoms with Crippen molar-refractivity contribution in [3.8, 4) is 17.1 Å². The van der Waals surface area contributed by atoms with Crippen LogP contribution in [0.25, 0.3) is 11.4 Å². The second-order valence-electron chi connectivity index (χ2n) is 12.3. The minimum Gasteiger partial charge on any atom is -0.506 e. The SMILES string of the molecule is O=C(C[C@H](Cc1cc(Cl)c(O)c(C(F)(F)F)c1)C(=O)N1CCN(c2ccncc2)CC1)N1CCC(n2nc(-c3ccccc3)[nH]c2=O)CC1. The summed E-state index contributed by atoms with van der Waals surface area (Å²) in [5, 5.41) is 14.0. The number of H-pyrrole nitrogens is 1. The van der Waals surface area contributed by atoms with Crippen LogP contribution in [0, 0.1) is 5.92 Å². The van der Waals surface area contributed by atoms with E-state index >= 15 is 0 Å². The minimum atomic E-state index is -4.87. The summed E-state index contributed by atoms with van der Waals surface area (Å²) in [6.45, 7) is 2.43. The first-order valence-electron chi connectivity index (χ1n) is 16.0. The first-order chi connectivity index (χ1) is 23.5. The van der Waals surface area contributed by atoms with Crippen molar-refractivity contribution in [2.24, 2.45) is 5.92 Å². The molecule has 258 valence electrons. The highest BCUT2D eigenvalue weighted by molar-refractivity contribution is 6.32. The van der Waals surface area contributed by atoms with E-state index in [4.69, 9.17) is 11.6 Å². The van der Waals surface area contributed by atoms with Gasteiger partial charge >= 0.3 is 11.9 Å². The van der Waals surface area contributed by atoms with Crippen LogP contribution in [0.1, 0.15) is 36.4 Å². The number of aromatic hydroxyl groups is 1. The summed E-state index contributed by atoms with van der Waals surface area (Å²) < 4.78 is 42.5. The van der Waals surface area contributed by atoms with Crippen LogP contribution < -0.4 is 10.6 Å². The van der Waals surface area contributed by atoms with Gasteiger partial charge in [-0.2, -0.15) is 13.2 Å². The average Bonchev–Trinajstić information content (AvgIpc) is 3.51. The number of phenols is 1. The lowest BCUT2D eigenvalue weighted by Gasteiger charge is -2.38. The largest absolute Gasteiger partial charge is 0.506 e. The molecule has 2 aromatic heterocycles. The molecule has 0 unspecified atom stereocenters. The number of nitrogens with one attached hydrogen (secondary N) is 1. The molecule has 0 aliphatic carbocycles. The number of benzene rings is 2. The van der Waals surface area contributed by atoms with Gasteiger partial charge in [0.15, 0.2) is 5.82 Å². The number of hydrogen-bond acceptors (Lipinski definition) is 7. The number of aromatic nitrogens is 4. The molecule has 4 heterocycles. The predicted octanol–water partition coefficient (Wildman–Crippen LogP) is 4.77. The third-order valence-electron chi connectivity index (χ3n) is 9.15. The van der Waals surface area contributed by atoms with Crippen LogP contribution >= 0.6 is 11.6 Å². The van der Waals surface area contributed by atoms with E-state index in [0.29, 0.717) is 57.9 Å². The van der Waals surface area contributed by atoms with Crippen LogP contribution in [0.4, 0.5) is 18.9 Å². The van der Waals surface area contributed by atoms with E-state index in [1.165, 1.54) is 10.7 Å².